The first kappa shape index (κ1) is 21.3. The fourth-order valence-electron chi connectivity index (χ4n) is 3.52. The van der Waals surface area contributed by atoms with Gasteiger partial charge >= 0.3 is 11.6 Å². The van der Waals surface area contributed by atoms with Crippen molar-refractivity contribution in [3.8, 4) is 16.9 Å². The Bertz CT molecular complexity index is 1330. The van der Waals surface area contributed by atoms with Crippen molar-refractivity contribution in [2.24, 2.45) is 0 Å². The van der Waals surface area contributed by atoms with E-state index in [1.165, 1.54) is 19.2 Å². The Hall–Kier alpha value is -3.93. The van der Waals surface area contributed by atoms with E-state index in [4.69, 9.17) is 13.9 Å². The number of ether oxygens (including phenoxy) is 2. The molecule has 1 heterocycles. The highest BCUT2D eigenvalue weighted by molar-refractivity contribution is 5.82. The molecule has 3 aromatic carbocycles. The molecule has 6 heteroatoms. The van der Waals surface area contributed by atoms with Crippen LogP contribution in [0.5, 0.6) is 5.75 Å². The molecule has 1 aromatic heterocycles. The third-order valence-corrected chi connectivity index (χ3v) is 5.34. The Labute approximate surface area is 184 Å². The summed E-state index contributed by atoms with van der Waals surface area (Å²) in [4.78, 5) is 24.5. The zero-order chi connectivity index (χ0) is 22.7. The highest BCUT2D eigenvalue weighted by Crippen LogP contribution is 2.28. The first-order chi connectivity index (χ1) is 15.5. The van der Waals surface area contributed by atoms with Crippen LogP contribution in [0, 0.1) is 5.82 Å². The zero-order valence-electron chi connectivity index (χ0n) is 17.6. The molecule has 0 aliphatic heterocycles. The minimum Gasteiger partial charge on any atom is -0.497 e. The first-order valence-corrected chi connectivity index (χ1v) is 10.1. The molecule has 32 heavy (non-hydrogen) atoms. The van der Waals surface area contributed by atoms with Crippen LogP contribution >= 0.6 is 0 Å². The average molecular weight is 432 g/mol. The Morgan fingerprint density at radius 1 is 1.03 bits per heavy atom. The maximum absolute atomic E-state index is 14.7. The van der Waals surface area contributed by atoms with Gasteiger partial charge in [-0.2, -0.15) is 0 Å². The molecular weight excluding hydrogens is 411 g/mol. The molecule has 5 nitrogen and oxygen atoms in total. The number of fused-ring (bicyclic) bond motifs is 1. The summed E-state index contributed by atoms with van der Waals surface area (Å²) in [5, 5.41) is 0.643. The number of rotatable bonds is 6. The smallest absolute Gasteiger partial charge is 0.336 e. The first-order valence-electron chi connectivity index (χ1n) is 10.1. The molecule has 0 spiro atoms. The molecule has 0 N–H and O–H groups in total. The predicted octanol–water partition coefficient (Wildman–Crippen LogP) is 5.45. The largest absolute Gasteiger partial charge is 0.497 e. The predicted molar refractivity (Wildman–Crippen MR) is 119 cm³/mol. The summed E-state index contributed by atoms with van der Waals surface area (Å²) >= 11 is 0. The van der Waals surface area contributed by atoms with E-state index in [0.29, 0.717) is 33.4 Å². The van der Waals surface area contributed by atoms with E-state index in [-0.39, 0.29) is 6.61 Å². The summed E-state index contributed by atoms with van der Waals surface area (Å²) in [6.07, 6.45) is 0. The lowest BCUT2D eigenvalue weighted by atomic mass is 9.97. The summed E-state index contributed by atoms with van der Waals surface area (Å²) in [5.74, 6) is -1.06. The van der Waals surface area contributed by atoms with Crippen LogP contribution in [0.15, 0.2) is 82.0 Å². The highest BCUT2D eigenvalue weighted by Gasteiger charge is 2.19. The van der Waals surface area contributed by atoms with E-state index >= 15 is 0 Å². The molecule has 0 aliphatic carbocycles. The van der Waals surface area contributed by atoms with Crippen molar-refractivity contribution in [2.45, 2.75) is 19.4 Å². The third-order valence-electron chi connectivity index (χ3n) is 5.34. The number of esters is 1. The summed E-state index contributed by atoms with van der Waals surface area (Å²) in [6.45, 7) is 1.55. The molecule has 0 bridgehead atoms. The maximum atomic E-state index is 14.7. The maximum Gasteiger partial charge on any atom is 0.336 e. The standard InChI is InChI=1S/C26H21FO5/c1-16(18-8-10-21(23(27)12-18)17-6-4-3-5-7-17)26(29)31-15-19-13-25(28)32-24-14-20(30-2)9-11-22(19)24/h3-14,16H,15H2,1-2H3. The van der Waals surface area contributed by atoms with Crippen molar-refractivity contribution in [1.29, 1.82) is 0 Å². The van der Waals surface area contributed by atoms with Gasteiger partial charge in [0.25, 0.3) is 0 Å². The van der Waals surface area contributed by atoms with Gasteiger partial charge in [0.2, 0.25) is 0 Å². The van der Waals surface area contributed by atoms with Gasteiger partial charge in [-0.1, -0.05) is 42.5 Å². The van der Waals surface area contributed by atoms with Crippen molar-refractivity contribution in [3.63, 3.8) is 0 Å². The molecule has 162 valence electrons. The summed E-state index contributed by atoms with van der Waals surface area (Å²) in [6, 6.07) is 20.3. The van der Waals surface area contributed by atoms with E-state index in [1.807, 2.05) is 30.3 Å². The quantitative estimate of drug-likeness (QED) is 0.299. The minimum atomic E-state index is -0.680. The lowest BCUT2D eigenvalue weighted by Crippen LogP contribution is -2.14. The second kappa shape index (κ2) is 9.06. The number of carbonyl (C=O) groups excluding carboxylic acids is 1. The van der Waals surface area contributed by atoms with Gasteiger partial charge in [-0.15, -0.1) is 0 Å². The van der Waals surface area contributed by atoms with Crippen LogP contribution in [-0.4, -0.2) is 13.1 Å². The normalized spacial score (nSPS) is 11.8. The van der Waals surface area contributed by atoms with Crippen molar-refractivity contribution in [3.05, 3.63) is 100 Å². The summed E-state index contributed by atoms with van der Waals surface area (Å²) in [7, 11) is 1.52. The second-order valence-electron chi connectivity index (χ2n) is 7.39. The van der Waals surface area contributed by atoms with Crippen LogP contribution in [0.3, 0.4) is 0 Å². The molecule has 4 rings (SSSR count). The molecule has 0 radical (unpaired) electrons. The van der Waals surface area contributed by atoms with Crippen LogP contribution in [0.4, 0.5) is 4.39 Å². The van der Waals surface area contributed by atoms with E-state index in [0.717, 1.165) is 5.56 Å². The summed E-state index contributed by atoms with van der Waals surface area (Å²) < 4.78 is 30.5. The number of methoxy groups -OCH3 is 1. The highest BCUT2D eigenvalue weighted by atomic mass is 19.1. The molecule has 0 fully saturated rings. The molecule has 1 atom stereocenters. The van der Waals surface area contributed by atoms with Crippen LogP contribution in [0.25, 0.3) is 22.1 Å². The van der Waals surface area contributed by atoms with E-state index in [2.05, 4.69) is 0 Å². The Kier molecular flexibility index (Phi) is 6.03. The van der Waals surface area contributed by atoms with Crippen molar-refractivity contribution < 1.29 is 23.1 Å². The number of hydrogen-bond donors (Lipinski definition) is 0. The van der Waals surface area contributed by atoms with Gasteiger partial charge in [-0.3, -0.25) is 4.79 Å². The lowest BCUT2D eigenvalue weighted by Gasteiger charge is -2.14. The third kappa shape index (κ3) is 4.39. The topological polar surface area (TPSA) is 65.7 Å². The van der Waals surface area contributed by atoms with E-state index < -0.39 is 23.3 Å². The van der Waals surface area contributed by atoms with Gasteiger partial charge in [-0.25, -0.2) is 9.18 Å². The fourth-order valence-corrected chi connectivity index (χ4v) is 3.52. The van der Waals surface area contributed by atoms with Crippen LogP contribution in [-0.2, 0) is 16.1 Å². The number of benzene rings is 3. The van der Waals surface area contributed by atoms with E-state index in [1.54, 1.807) is 37.3 Å². The van der Waals surface area contributed by atoms with Crippen molar-refractivity contribution >= 4 is 16.9 Å². The van der Waals surface area contributed by atoms with Crippen LogP contribution < -0.4 is 10.4 Å². The van der Waals surface area contributed by atoms with Gasteiger partial charge < -0.3 is 13.9 Å². The molecule has 0 amide bonds. The Morgan fingerprint density at radius 2 is 1.81 bits per heavy atom. The Balaban J connectivity index is 1.51. The average Bonchev–Trinajstić information content (AvgIpc) is 2.81. The monoisotopic (exact) mass is 432 g/mol. The molecule has 0 saturated heterocycles. The molecule has 0 aliphatic rings. The van der Waals surface area contributed by atoms with Gasteiger partial charge in [0.05, 0.1) is 13.0 Å². The number of hydrogen-bond acceptors (Lipinski definition) is 5. The number of carbonyl (C=O) groups is 1. The fraction of sp³-hybridized carbons (Fsp3) is 0.154. The van der Waals surface area contributed by atoms with Gasteiger partial charge in [0.15, 0.2) is 0 Å². The summed E-state index contributed by atoms with van der Waals surface area (Å²) in [5.41, 5.74) is 2.04. The zero-order valence-corrected chi connectivity index (χ0v) is 17.6. The minimum absolute atomic E-state index is 0.109. The number of halogens is 1. The van der Waals surface area contributed by atoms with Crippen LogP contribution in [0.1, 0.15) is 24.0 Å². The molecule has 4 aromatic rings. The SMILES string of the molecule is COc1ccc2c(COC(=O)C(C)c3ccc(-c4ccccc4)c(F)c3)cc(=O)oc2c1. The molecular formula is C26H21FO5. The molecule has 1 unspecified atom stereocenters. The lowest BCUT2D eigenvalue weighted by molar-refractivity contribution is -0.146. The van der Waals surface area contributed by atoms with Gasteiger partial charge in [0.1, 0.15) is 23.8 Å². The van der Waals surface area contributed by atoms with E-state index in [9.17, 15) is 14.0 Å². The second-order valence-corrected chi connectivity index (χ2v) is 7.39. The van der Waals surface area contributed by atoms with Crippen LogP contribution in [0.2, 0.25) is 0 Å². The van der Waals surface area contributed by atoms with Crippen molar-refractivity contribution in [1.82, 2.24) is 0 Å². The molecule has 0 saturated carbocycles. The van der Waals surface area contributed by atoms with Gasteiger partial charge in [-0.05, 0) is 36.2 Å². The Morgan fingerprint density at radius 3 is 2.53 bits per heavy atom. The van der Waals surface area contributed by atoms with Gasteiger partial charge in [0, 0.05) is 28.6 Å². The van der Waals surface area contributed by atoms with Crippen molar-refractivity contribution in [2.75, 3.05) is 7.11 Å².